The van der Waals surface area contributed by atoms with Gasteiger partial charge in [0, 0.05) is 24.4 Å². The molecular weight excluding hydrogens is 254 g/mol. The van der Waals surface area contributed by atoms with Crippen LogP contribution in [0.4, 0.5) is 5.69 Å². The van der Waals surface area contributed by atoms with Crippen LogP contribution in [0.15, 0.2) is 24.3 Å². The summed E-state index contributed by atoms with van der Waals surface area (Å²) in [5.41, 5.74) is 7.42. The zero-order valence-corrected chi connectivity index (χ0v) is 11.4. The Bertz CT molecular complexity index is 545. The fourth-order valence-electron chi connectivity index (χ4n) is 2.50. The number of hydrogen-bond acceptors (Lipinski definition) is 5. The number of ether oxygens (including phenoxy) is 1. The van der Waals surface area contributed by atoms with Crippen LogP contribution >= 0.6 is 0 Å². The first kappa shape index (κ1) is 13.1. The lowest BCUT2D eigenvalue weighted by molar-refractivity contribution is 0.00828. The minimum absolute atomic E-state index is 0.340. The van der Waals surface area contributed by atoms with Gasteiger partial charge < -0.3 is 10.5 Å². The highest BCUT2D eigenvalue weighted by molar-refractivity contribution is 5.58. The van der Waals surface area contributed by atoms with Crippen LogP contribution in [-0.4, -0.2) is 32.9 Å². The molecule has 0 spiro atoms. The van der Waals surface area contributed by atoms with Crippen molar-refractivity contribution >= 4 is 5.69 Å². The van der Waals surface area contributed by atoms with Crippen molar-refractivity contribution in [2.45, 2.75) is 38.3 Å². The highest BCUT2D eigenvalue weighted by Gasteiger charge is 2.15. The third-order valence-corrected chi connectivity index (χ3v) is 3.64. The van der Waals surface area contributed by atoms with Crippen LogP contribution in [0.25, 0.3) is 11.4 Å². The van der Waals surface area contributed by atoms with Crippen molar-refractivity contribution in [2.24, 2.45) is 0 Å². The summed E-state index contributed by atoms with van der Waals surface area (Å²) in [5, 5.41) is 11.9. The van der Waals surface area contributed by atoms with E-state index in [2.05, 4.69) is 15.5 Å². The van der Waals surface area contributed by atoms with Gasteiger partial charge in [-0.05, 0) is 60.4 Å². The second-order valence-electron chi connectivity index (χ2n) is 5.12. The van der Waals surface area contributed by atoms with Crippen molar-refractivity contribution in [3.8, 4) is 11.4 Å². The molecule has 1 aromatic heterocycles. The van der Waals surface area contributed by atoms with E-state index in [-0.39, 0.29) is 0 Å². The number of benzene rings is 1. The maximum Gasteiger partial charge on any atom is 0.182 e. The number of nitrogen functional groups attached to an aromatic ring is 1. The fraction of sp³-hybridized carbons (Fsp3) is 0.500. The van der Waals surface area contributed by atoms with E-state index in [1.165, 1.54) is 12.8 Å². The monoisotopic (exact) mass is 273 g/mol. The number of anilines is 1. The highest BCUT2D eigenvalue weighted by Crippen LogP contribution is 2.20. The summed E-state index contributed by atoms with van der Waals surface area (Å²) in [6.07, 6.45) is 4.86. The highest BCUT2D eigenvalue weighted by atomic mass is 16.5. The molecule has 1 aromatic carbocycles. The Hall–Kier alpha value is -1.95. The number of hydrogen-bond donors (Lipinski definition) is 1. The molecule has 2 N–H and O–H groups in total. The summed E-state index contributed by atoms with van der Waals surface area (Å²) in [5.74, 6) is 0.779. The SMILES string of the molecule is Nc1ccc(-c2nnnn2CCC2CCCCO2)cc1. The molecule has 1 aliphatic heterocycles. The quantitative estimate of drug-likeness (QED) is 0.860. The largest absolute Gasteiger partial charge is 0.399 e. The summed E-state index contributed by atoms with van der Waals surface area (Å²) >= 11 is 0. The topological polar surface area (TPSA) is 78.9 Å². The van der Waals surface area contributed by atoms with Gasteiger partial charge in [0.05, 0.1) is 6.10 Å². The van der Waals surface area contributed by atoms with Gasteiger partial charge in [-0.2, -0.15) is 0 Å². The molecule has 1 saturated heterocycles. The standard InChI is InChI=1S/C14H19N5O/c15-12-6-4-11(5-7-12)14-16-17-18-19(14)9-8-13-3-1-2-10-20-13/h4-7,13H,1-3,8-10,15H2. The smallest absolute Gasteiger partial charge is 0.182 e. The number of nitrogens with two attached hydrogens (primary N) is 1. The van der Waals surface area contributed by atoms with Gasteiger partial charge in [0.15, 0.2) is 5.82 Å². The zero-order valence-electron chi connectivity index (χ0n) is 11.4. The molecule has 0 saturated carbocycles. The van der Waals surface area contributed by atoms with Crippen LogP contribution in [0.3, 0.4) is 0 Å². The van der Waals surface area contributed by atoms with Gasteiger partial charge in [-0.25, -0.2) is 4.68 Å². The molecule has 0 radical (unpaired) electrons. The van der Waals surface area contributed by atoms with Crippen LogP contribution in [-0.2, 0) is 11.3 Å². The van der Waals surface area contributed by atoms with Crippen molar-refractivity contribution < 1.29 is 4.74 Å². The van der Waals surface area contributed by atoms with E-state index in [1.54, 1.807) is 0 Å². The van der Waals surface area contributed by atoms with Crippen LogP contribution in [0, 0.1) is 0 Å². The Balaban J connectivity index is 1.68. The van der Waals surface area contributed by atoms with Gasteiger partial charge in [-0.1, -0.05) is 0 Å². The van der Waals surface area contributed by atoms with E-state index in [1.807, 2.05) is 28.9 Å². The summed E-state index contributed by atoms with van der Waals surface area (Å²) in [6.45, 7) is 1.66. The van der Waals surface area contributed by atoms with E-state index in [4.69, 9.17) is 10.5 Å². The number of aryl methyl sites for hydroxylation is 1. The normalized spacial score (nSPS) is 19.1. The van der Waals surface area contributed by atoms with Crippen molar-refractivity contribution in [2.75, 3.05) is 12.3 Å². The summed E-state index contributed by atoms with van der Waals surface area (Å²) < 4.78 is 7.58. The molecule has 1 atom stereocenters. The second-order valence-corrected chi connectivity index (χ2v) is 5.12. The van der Waals surface area contributed by atoms with Crippen LogP contribution < -0.4 is 5.73 Å². The molecule has 0 aliphatic carbocycles. The van der Waals surface area contributed by atoms with E-state index < -0.39 is 0 Å². The molecule has 2 heterocycles. The third-order valence-electron chi connectivity index (χ3n) is 3.64. The summed E-state index contributed by atoms with van der Waals surface area (Å²) in [7, 11) is 0. The van der Waals surface area contributed by atoms with E-state index >= 15 is 0 Å². The Kier molecular flexibility index (Phi) is 3.92. The van der Waals surface area contributed by atoms with Gasteiger partial charge in [-0.15, -0.1) is 5.10 Å². The van der Waals surface area contributed by atoms with Crippen molar-refractivity contribution in [3.05, 3.63) is 24.3 Å². The first-order chi connectivity index (χ1) is 9.83. The lowest BCUT2D eigenvalue weighted by Crippen LogP contribution is -2.21. The predicted octanol–water partition coefficient (Wildman–Crippen LogP) is 1.88. The molecule has 106 valence electrons. The molecule has 0 bridgehead atoms. The average molecular weight is 273 g/mol. The maximum absolute atomic E-state index is 5.74. The third kappa shape index (κ3) is 2.96. The van der Waals surface area contributed by atoms with Crippen LogP contribution in [0.5, 0.6) is 0 Å². The summed E-state index contributed by atoms with van der Waals surface area (Å²) in [6, 6.07) is 7.60. The molecule has 1 fully saturated rings. The molecule has 6 nitrogen and oxygen atoms in total. The molecule has 3 rings (SSSR count). The van der Waals surface area contributed by atoms with Crippen LogP contribution in [0.1, 0.15) is 25.7 Å². The van der Waals surface area contributed by atoms with Crippen molar-refractivity contribution in [1.29, 1.82) is 0 Å². The van der Waals surface area contributed by atoms with Crippen molar-refractivity contribution in [3.63, 3.8) is 0 Å². The fourth-order valence-corrected chi connectivity index (χ4v) is 2.50. The first-order valence-electron chi connectivity index (χ1n) is 7.06. The van der Waals surface area contributed by atoms with E-state index in [9.17, 15) is 0 Å². The minimum atomic E-state index is 0.340. The van der Waals surface area contributed by atoms with E-state index in [0.29, 0.717) is 6.10 Å². The molecular formula is C14H19N5O. The molecule has 20 heavy (non-hydrogen) atoms. The van der Waals surface area contributed by atoms with Gasteiger partial charge in [0.25, 0.3) is 0 Å². The lowest BCUT2D eigenvalue weighted by Gasteiger charge is -2.22. The molecule has 1 aliphatic rings. The summed E-state index contributed by atoms with van der Waals surface area (Å²) in [4.78, 5) is 0. The zero-order chi connectivity index (χ0) is 13.8. The number of tetrazole rings is 1. The van der Waals surface area contributed by atoms with Gasteiger partial charge in [0.2, 0.25) is 0 Å². The Morgan fingerprint density at radius 3 is 2.85 bits per heavy atom. The van der Waals surface area contributed by atoms with Gasteiger partial charge in [0.1, 0.15) is 0 Å². The van der Waals surface area contributed by atoms with Crippen LogP contribution in [0.2, 0.25) is 0 Å². The Morgan fingerprint density at radius 1 is 1.25 bits per heavy atom. The number of nitrogens with zero attached hydrogens (tertiary/aromatic N) is 4. The second kappa shape index (κ2) is 6.00. The maximum atomic E-state index is 5.74. The first-order valence-corrected chi connectivity index (χ1v) is 7.06. The predicted molar refractivity (Wildman–Crippen MR) is 75.9 cm³/mol. The van der Waals surface area contributed by atoms with Gasteiger partial charge >= 0.3 is 0 Å². The lowest BCUT2D eigenvalue weighted by atomic mass is 10.1. The molecule has 0 amide bonds. The van der Waals surface area contributed by atoms with Crippen molar-refractivity contribution in [1.82, 2.24) is 20.2 Å². The van der Waals surface area contributed by atoms with E-state index in [0.717, 1.165) is 43.1 Å². The number of aromatic nitrogens is 4. The molecule has 1 unspecified atom stereocenters. The number of rotatable bonds is 4. The Labute approximate surface area is 117 Å². The Morgan fingerprint density at radius 2 is 2.10 bits per heavy atom. The average Bonchev–Trinajstić information content (AvgIpc) is 2.95. The van der Waals surface area contributed by atoms with Gasteiger partial charge in [-0.3, -0.25) is 0 Å². The minimum Gasteiger partial charge on any atom is -0.399 e. The molecule has 6 heteroatoms. The molecule has 2 aromatic rings.